The van der Waals surface area contributed by atoms with Crippen LogP contribution in [0.3, 0.4) is 0 Å². The maximum atomic E-state index is 6.29. The first kappa shape index (κ1) is 19.5. The number of methoxy groups -OCH3 is 1. The number of benzene rings is 1. The van der Waals surface area contributed by atoms with Gasteiger partial charge in [0.15, 0.2) is 0 Å². The summed E-state index contributed by atoms with van der Waals surface area (Å²) in [6, 6.07) is 11.8. The molecule has 30 heavy (non-hydrogen) atoms. The highest BCUT2D eigenvalue weighted by Crippen LogP contribution is 2.37. The monoisotopic (exact) mass is 424 g/mol. The lowest BCUT2D eigenvalue weighted by molar-refractivity contribution is 0.103. The maximum Gasteiger partial charge on any atom is 0.213 e. The van der Waals surface area contributed by atoms with Gasteiger partial charge in [-0.1, -0.05) is 17.7 Å². The molecule has 3 heterocycles. The van der Waals surface area contributed by atoms with Gasteiger partial charge in [-0.2, -0.15) is 0 Å². The number of ether oxygens (including phenoxy) is 2. The maximum absolute atomic E-state index is 6.29. The Bertz CT molecular complexity index is 1020. The summed E-state index contributed by atoms with van der Waals surface area (Å²) >= 11 is 6.29. The van der Waals surface area contributed by atoms with Gasteiger partial charge in [0, 0.05) is 43.2 Å². The summed E-state index contributed by atoms with van der Waals surface area (Å²) < 4.78 is 14.0. The Balaban J connectivity index is 1.39. The third-order valence-corrected chi connectivity index (χ3v) is 6.43. The van der Waals surface area contributed by atoms with Crippen LogP contribution in [0.5, 0.6) is 5.88 Å². The molecule has 156 valence electrons. The summed E-state index contributed by atoms with van der Waals surface area (Å²) in [5.41, 5.74) is 2.31. The van der Waals surface area contributed by atoms with Crippen LogP contribution in [0.2, 0.25) is 5.02 Å². The molecule has 1 atom stereocenters. The Hall–Kier alpha value is -2.44. The van der Waals surface area contributed by atoms with Crippen molar-refractivity contribution in [2.45, 2.75) is 56.7 Å². The molecule has 1 fully saturated rings. The second kappa shape index (κ2) is 8.36. The molecule has 1 aliphatic heterocycles. The molecule has 1 aliphatic carbocycles. The molecule has 3 aromatic rings. The van der Waals surface area contributed by atoms with E-state index in [2.05, 4.69) is 25.8 Å². The van der Waals surface area contributed by atoms with E-state index in [1.165, 1.54) is 5.56 Å². The summed E-state index contributed by atoms with van der Waals surface area (Å²) in [5.74, 6) is 3.07. The molecule has 2 aliphatic rings. The van der Waals surface area contributed by atoms with Crippen molar-refractivity contribution >= 4 is 11.6 Å². The zero-order valence-electron chi connectivity index (χ0n) is 17.0. The first-order chi connectivity index (χ1) is 14.7. The molecule has 0 unspecified atom stereocenters. The Morgan fingerprint density at radius 2 is 1.87 bits per heavy atom. The number of hydrogen-bond donors (Lipinski definition) is 0. The largest absolute Gasteiger partial charge is 0.474 e. The number of fused-ring (bicyclic) bond motifs is 3. The van der Waals surface area contributed by atoms with Gasteiger partial charge in [0.25, 0.3) is 0 Å². The predicted molar refractivity (Wildman–Crippen MR) is 114 cm³/mol. The SMILES string of the molecule is CO[C@@H]1Cc2cc(Cl)ccc2-n2c(nnc2C2CCC(Oc3ccccn3)CC2)C1. The first-order valence-corrected chi connectivity index (χ1v) is 10.9. The van der Waals surface area contributed by atoms with E-state index in [4.69, 9.17) is 21.1 Å². The number of halogens is 1. The molecule has 6 nitrogen and oxygen atoms in total. The summed E-state index contributed by atoms with van der Waals surface area (Å²) in [6.45, 7) is 0. The lowest BCUT2D eigenvalue weighted by Gasteiger charge is -2.28. The van der Waals surface area contributed by atoms with Crippen molar-refractivity contribution in [1.29, 1.82) is 0 Å². The van der Waals surface area contributed by atoms with Crippen molar-refractivity contribution in [2.24, 2.45) is 0 Å². The molecular formula is C23H25ClN4O2. The molecule has 0 amide bonds. The lowest BCUT2D eigenvalue weighted by Crippen LogP contribution is -2.25. The fraction of sp³-hybridized carbons (Fsp3) is 0.435. The van der Waals surface area contributed by atoms with Crippen LogP contribution in [0.15, 0.2) is 42.6 Å². The van der Waals surface area contributed by atoms with Crippen molar-refractivity contribution in [1.82, 2.24) is 19.7 Å². The van der Waals surface area contributed by atoms with Crippen LogP contribution in [0.1, 0.15) is 48.8 Å². The van der Waals surface area contributed by atoms with E-state index in [0.29, 0.717) is 11.8 Å². The fourth-order valence-corrected chi connectivity index (χ4v) is 4.83. The molecule has 5 rings (SSSR count). The van der Waals surface area contributed by atoms with Crippen LogP contribution in [0, 0.1) is 0 Å². The minimum Gasteiger partial charge on any atom is -0.474 e. The average molecular weight is 425 g/mol. The Labute approximate surface area is 181 Å². The van der Waals surface area contributed by atoms with Crippen molar-refractivity contribution < 1.29 is 9.47 Å². The number of rotatable bonds is 4. The topological polar surface area (TPSA) is 62.1 Å². The van der Waals surface area contributed by atoms with Crippen molar-refractivity contribution in [3.05, 3.63) is 64.8 Å². The highest BCUT2D eigenvalue weighted by atomic mass is 35.5. The van der Waals surface area contributed by atoms with Gasteiger partial charge in [0.2, 0.25) is 5.88 Å². The molecule has 0 bridgehead atoms. The van der Waals surface area contributed by atoms with Crippen molar-refractivity contribution in [2.75, 3.05) is 7.11 Å². The minimum atomic E-state index is 0.0722. The number of hydrogen-bond acceptors (Lipinski definition) is 5. The van der Waals surface area contributed by atoms with E-state index in [0.717, 1.165) is 60.9 Å². The zero-order chi connectivity index (χ0) is 20.5. The first-order valence-electron chi connectivity index (χ1n) is 10.5. The molecule has 1 saturated carbocycles. The number of aromatic nitrogens is 4. The van der Waals surface area contributed by atoms with E-state index in [1.807, 2.05) is 30.3 Å². The molecule has 0 radical (unpaired) electrons. The van der Waals surface area contributed by atoms with Gasteiger partial charge >= 0.3 is 0 Å². The van der Waals surface area contributed by atoms with Gasteiger partial charge in [-0.3, -0.25) is 4.57 Å². The van der Waals surface area contributed by atoms with Crippen molar-refractivity contribution in [3.63, 3.8) is 0 Å². The van der Waals surface area contributed by atoms with Gasteiger partial charge < -0.3 is 9.47 Å². The van der Waals surface area contributed by atoms with E-state index in [-0.39, 0.29) is 12.2 Å². The van der Waals surface area contributed by atoms with Crippen LogP contribution in [-0.4, -0.2) is 39.1 Å². The summed E-state index contributed by atoms with van der Waals surface area (Å²) in [5, 5.41) is 9.93. The third kappa shape index (κ3) is 3.82. The van der Waals surface area contributed by atoms with E-state index in [9.17, 15) is 0 Å². The smallest absolute Gasteiger partial charge is 0.213 e. The average Bonchev–Trinajstić information content (AvgIpc) is 3.11. The van der Waals surface area contributed by atoms with Crippen LogP contribution < -0.4 is 4.74 Å². The molecule has 2 aromatic heterocycles. The normalized spacial score (nSPS) is 23.3. The molecule has 1 aromatic carbocycles. The zero-order valence-corrected chi connectivity index (χ0v) is 17.8. The number of nitrogens with zero attached hydrogens (tertiary/aromatic N) is 4. The molecule has 7 heteroatoms. The van der Waals surface area contributed by atoms with Crippen LogP contribution in [-0.2, 0) is 17.6 Å². The van der Waals surface area contributed by atoms with Gasteiger partial charge in [-0.25, -0.2) is 4.98 Å². The van der Waals surface area contributed by atoms with Crippen LogP contribution in [0.25, 0.3) is 5.69 Å². The summed E-state index contributed by atoms with van der Waals surface area (Å²) in [7, 11) is 1.75. The Kier molecular flexibility index (Phi) is 5.44. The highest BCUT2D eigenvalue weighted by molar-refractivity contribution is 6.30. The van der Waals surface area contributed by atoms with E-state index >= 15 is 0 Å². The van der Waals surface area contributed by atoms with Crippen LogP contribution in [0.4, 0.5) is 0 Å². The minimum absolute atomic E-state index is 0.0722. The number of pyridine rings is 1. The Morgan fingerprint density at radius 3 is 2.63 bits per heavy atom. The summed E-state index contributed by atoms with van der Waals surface area (Å²) in [6.07, 6.45) is 7.61. The fourth-order valence-electron chi connectivity index (χ4n) is 4.64. The molecule has 0 spiro atoms. The van der Waals surface area contributed by atoms with Gasteiger partial charge in [-0.15, -0.1) is 10.2 Å². The van der Waals surface area contributed by atoms with Gasteiger partial charge in [0.1, 0.15) is 17.8 Å². The Morgan fingerprint density at radius 1 is 1.00 bits per heavy atom. The summed E-state index contributed by atoms with van der Waals surface area (Å²) in [4.78, 5) is 4.29. The molecule has 0 saturated heterocycles. The third-order valence-electron chi connectivity index (χ3n) is 6.19. The van der Waals surface area contributed by atoms with E-state index in [1.54, 1.807) is 13.3 Å². The van der Waals surface area contributed by atoms with E-state index < -0.39 is 0 Å². The van der Waals surface area contributed by atoms with Gasteiger partial charge in [-0.05, 0) is 55.5 Å². The second-order valence-corrected chi connectivity index (χ2v) is 8.54. The lowest BCUT2D eigenvalue weighted by atomic mass is 9.86. The highest BCUT2D eigenvalue weighted by Gasteiger charge is 2.31. The van der Waals surface area contributed by atoms with Gasteiger partial charge in [0.05, 0.1) is 11.8 Å². The molecule has 0 N–H and O–H groups in total. The predicted octanol–water partition coefficient (Wildman–Crippen LogP) is 4.53. The standard InChI is InChI=1S/C23H25ClN4O2/c1-29-19-13-16-12-17(24)7-10-20(16)28-21(14-19)26-27-23(28)15-5-8-18(9-6-15)30-22-4-2-3-11-25-22/h2-4,7,10-12,15,18-19H,5-6,8-9,13-14H2,1H3/t15?,18?,19-/m1/s1. The molecular weight excluding hydrogens is 400 g/mol. The second-order valence-electron chi connectivity index (χ2n) is 8.11. The van der Waals surface area contributed by atoms with Crippen molar-refractivity contribution in [3.8, 4) is 11.6 Å². The quantitative estimate of drug-likeness (QED) is 0.615. The van der Waals surface area contributed by atoms with Crippen LogP contribution >= 0.6 is 11.6 Å².